The third-order valence-corrected chi connectivity index (χ3v) is 5.07. The van der Waals surface area contributed by atoms with Crippen molar-refractivity contribution < 1.29 is 14.3 Å². The van der Waals surface area contributed by atoms with Gasteiger partial charge in [-0.05, 0) is 43.3 Å². The summed E-state index contributed by atoms with van der Waals surface area (Å²) in [6.45, 7) is 2.74. The standard InChI is InChI=1S/C20H21N3O3S/c1-4-23-19(14-8-10-16(25-2)11-9-14)21-22-20(23)27-13-18(24)15-6-5-7-17(12-15)26-3/h5-12H,4,13H2,1-3H3. The van der Waals surface area contributed by atoms with Crippen molar-refractivity contribution in [1.82, 2.24) is 14.8 Å². The van der Waals surface area contributed by atoms with Crippen molar-refractivity contribution in [3.05, 3.63) is 54.1 Å². The third-order valence-electron chi connectivity index (χ3n) is 4.11. The smallest absolute Gasteiger partial charge is 0.191 e. The number of rotatable bonds is 8. The minimum atomic E-state index is 0.0237. The Morgan fingerprint density at radius 1 is 1.04 bits per heavy atom. The molecule has 0 aliphatic rings. The van der Waals surface area contributed by atoms with Crippen LogP contribution in [0.5, 0.6) is 11.5 Å². The van der Waals surface area contributed by atoms with Gasteiger partial charge in [-0.1, -0.05) is 23.9 Å². The van der Waals surface area contributed by atoms with Crippen LogP contribution in [0.15, 0.2) is 53.7 Å². The molecule has 0 bridgehead atoms. The third kappa shape index (κ3) is 4.31. The van der Waals surface area contributed by atoms with Crippen LogP contribution in [0, 0.1) is 0 Å². The van der Waals surface area contributed by atoms with Gasteiger partial charge >= 0.3 is 0 Å². The molecule has 3 aromatic rings. The number of carbonyl (C=O) groups is 1. The molecule has 7 heteroatoms. The number of nitrogens with zero attached hydrogens (tertiary/aromatic N) is 3. The van der Waals surface area contributed by atoms with Crippen LogP contribution >= 0.6 is 11.8 Å². The quantitative estimate of drug-likeness (QED) is 0.433. The predicted octanol–water partition coefficient (Wildman–Crippen LogP) is 3.96. The second-order valence-electron chi connectivity index (χ2n) is 5.72. The number of carbonyl (C=O) groups excluding carboxylic acids is 1. The summed E-state index contributed by atoms with van der Waals surface area (Å²) in [7, 11) is 3.22. The van der Waals surface area contributed by atoms with E-state index in [0.29, 0.717) is 17.9 Å². The van der Waals surface area contributed by atoms with E-state index < -0.39 is 0 Å². The van der Waals surface area contributed by atoms with Crippen LogP contribution in [-0.2, 0) is 6.54 Å². The molecule has 0 N–H and O–H groups in total. The topological polar surface area (TPSA) is 66.2 Å². The molecule has 0 amide bonds. The van der Waals surface area contributed by atoms with Crippen molar-refractivity contribution in [2.24, 2.45) is 0 Å². The van der Waals surface area contributed by atoms with Gasteiger partial charge in [0, 0.05) is 17.7 Å². The Morgan fingerprint density at radius 2 is 1.78 bits per heavy atom. The van der Waals surface area contributed by atoms with Gasteiger partial charge in [0.05, 0.1) is 20.0 Å². The lowest BCUT2D eigenvalue weighted by Crippen LogP contribution is -2.05. The van der Waals surface area contributed by atoms with Crippen molar-refractivity contribution >= 4 is 17.5 Å². The highest BCUT2D eigenvalue weighted by molar-refractivity contribution is 7.99. The summed E-state index contributed by atoms with van der Waals surface area (Å²) in [5, 5.41) is 9.31. The highest BCUT2D eigenvalue weighted by Crippen LogP contribution is 2.26. The molecule has 0 spiro atoms. The zero-order valence-corrected chi connectivity index (χ0v) is 16.3. The minimum Gasteiger partial charge on any atom is -0.497 e. The van der Waals surface area contributed by atoms with E-state index in [2.05, 4.69) is 10.2 Å². The first-order chi connectivity index (χ1) is 13.2. The van der Waals surface area contributed by atoms with Crippen LogP contribution in [0.2, 0.25) is 0 Å². The number of methoxy groups -OCH3 is 2. The molecule has 0 fully saturated rings. The molecule has 0 saturated heterocycles. The number of ketones is 1. The number of hydrogen-bond donors (Lipinski definition) is 0. The maximum atomic E-state index is 12.5. The number of ether oxygens (including phenoxy) is 2. The van der Waals surface area contributed by atoms with Crippen LogP contribution in [-0.4, -0.2) is 40.5 Å². The van der Waals surface area contributed by atoms with E-state index >= 15 is 0 Å². The zero-order chi connectivity index (χ0) is 19.2. The van der Waals surface area contributed by atoms with Crippen LogP contribution in [0.3, 0.4) is 0 Å². The summed E-state index contributed by atoms with van der Waals surface area (Å²) in [6, 6.07) is 14.8. The molecule has 6 nitrogen and oxygen atoms in total. The van der Waals surface area contributed by atoms with Gasteiger partial charge in [-0.25, -0.2) is 0 Å². The summed E-state index contributed by atoms with van der Waals surface area (Å²) >= 11 is 1.39. The fourth-order valence-corrected chi connectivity index (χ4v) is 3.54. The van der Waals surface area contributed by atoms with E-state index in [-0.39, 0.29) is 11.5 Å². The van der Waals surface area contributed by atoms with Crippen LogP contribution in [0.25, 0.3) is 11.4 Å². The highest BCUT2D eigenvalue weighted by atomic mass is 32.2. The summed E-state index contributed by atoms with van der Waals surface area (Å²) in [4.78, 5) is 12.5. The molecule has 0 aliphatic heterocycles. The van der Waals surface area contributed by atoms with Crippen molar-refractivity contribution in [1.29, 1.82) is 0 Å². The summed E-state index contributed by atoms with van der Waals surface area (Å²) in [5.41, 5.74) is 1.58. The average molecular weight is 383 g/mol. The Balaban J connectivity index is 1.75. The first kappa shape index (κ1) is 19.0. The Morgan fingerprint density at radius 3 is 2.44 bits per heavy atom. The highest BCUT2D eigenvalue weighted by Gasteiger charge is 2.15. The van der Waals surface area contributed by atoms with Crippen LogP contribution in [0.4, 0.5) is 0 Å². The van der Waals surface area contributed by atoms with Crippen molar-refractivity contribution in [3.63, 3.8) is 0 Å². The van der Waals surface area contributed by atoms with E-state index in [1.165, 1.54) is 11.8 Å². The van der Waals surface area contributed by atoms with E-state index in [0.717, 1.165) is 22.3 Å². The van der Waals surface area contributed by atoms with Gasteiger partial charge in [-0.3, -0.25) is 4.79 Å². The largest absolute Gasteiger partial charge is 0.497 e. The van der Waals surface area contributed by atoms with E-state index in [1.807, 2.05) is 47.9 Å². The lowest BCUT2D eigenvalue weighted by molar-refractivity contribution is 0.102. The van der Waals surface area contributed by atoms with Gasteiger partial charge in [0.15, 0.2) is 16.8 Å². The molecule has 1 aromatic heterocycles. The lowest BCUT2D eigenvalue weighted by Gasteiger charge is -2.08. The first-order valence-corrected chi connectivity index (χ1v) is 9.52. The Hall–Kier alpha value is -2.80. The zero-order valence-electron chi connectivity index (χ0n) is 15.5. The Labute approximate surface area is 162 Å². The molecule has 140 valence electrons. The lowest BCUT2D eigenvalue weighted by atomic mass is 10.1. The average Bonchev–Trinajstić information content (AvgIpc) is 3.15. The molecule has 0 saturated carbocycles. The Bertz CT molecular complexity index is 922. The van der Waals surface area contributed by atoms with E-state index in [9.17, 15) is 4.79 Å². The summed E-state index contributed by atoms with van der Waals surface area (Å²) in [6.07, 6.45) is 0. The van der Waals surface area contributed by atoms with Gasteiger partial charge in [0.1, 0.15) is 11.5 Å². The maximum absolute atomic E-state index is 12.5. The number of hydrogen-bond acceptors (Lipinski definition) is 6. The van der Waals surface area contributed by atoms with Gasteiger partial charge < -0.3 is 14.0 Å². The van der Waals surface area contributed by atoms with Gasteiger partial charge in [0.2, 0.25) is 0 Å². The number of thioether (sulfide) groups is 1. The van der Waals surface area contributed by atoms with Crippen molar-refractivity contribution in [2.45, 2.75) is 18.6 Å². The molecule has 3 rings (SSSR count). The molecular formula is C20H21N3O3S. The maximum Gasteiger partial charge on any atom is 0.191 e. The number of benzene rings is 2. The number of Topliss-reactive ketones (excluding diaryl/α,β-unsaturated/α-hetero) is 1. The van der Waals surface area contributed by atoms with Crippen molar-refractivity contribution in [3.8, 4) is 22.9 Å². The normalized spacial score (nSPS) is 10.6. The number of aromatic nitrogens is 3. The molecular weight excluding hydrogens is 362 g/mol. The van der Waals surface area contributed by atoms with Crippen molar-refractivity contribution in [2.75, 3.05) is 20.0 Å². The van der Waals surface area contributed by atoms with Crippen LogP contribution in [0.1, 0.15) is 17.3 Å². The molecule has 2 aromatic carbocycles. The van der Waals surface area contributed by atoms with Crippen LogP contribution < -0.4 is 9.47 Å². The monoisotopic (exact) mass is 383 g/mol. The van der Waals surface area contributed by atoms with E-state index in [4.69, 9.17) is 9.47 Å². The van der Waals surface area contributed by atoms with Gasteiger partial charge in [-0.15, -0.1) is 10.2 Å². The minimum absolute atomic E-state index is 0.0237. The molecule has 0 aliphatic carbocycles. The second-order valence-corrected chi connectivity index (χ2v) is 6.67. The molecule has 1 heterocycles. The molecule has 0 atom stereocenters. The molecule has 0 radical (unpaired) electrons. The predicted molar refractivity (Wildman–Crippen MR) is 106 cm³/mol. The van der Waals surface area contributed by atoms with Gasteiger partial charge in [-0.2, -0.15) is 0 Å². The first-order valence-electron chi connectivity index (χ1n) is 8.54. The fourth-order valence-electron chi connectivity index (χ4n) is 2.64. The molecule has 0 unspecified atom stereocenters. The second kappa shape index (κ2) is 8.73. The molecule has 27 heavy (non-hydrogen) atoms. The van der Waals surface area contributed by atoms with E-state index in [1.54, 1.807) is 26.4 Å². The Kier molecular flexibility index (Phi) is 6.13. The van der Waals surface area contributed by atoms with Gasteiger partial charge in [0.25, 0.3) is 0 Å². The summed E-state index contributed by atoms with van der Waals surface area (Å²) < 4.78 is 12.4. The summed E-state index contributed by atoms with van der Waals surface area (Å²) in [5.74, 6) is 2.55. The SMILES string of the molecule is CCn1c(SCC(=O)c2cccc(OC)c2)nnc1-c1ccc(OC)cc1. The fraction of sp³-hybridized carbons (Fsp3) is 0.250.